The zero-order chi connectivity index (χ0) is 14.7. The molecule has 0 bridgehead atoms. The maximum absolute atomic E-state index is 11.0. The van der Waals surface area contributed by atoms with E-state index in [1.54, 1.807) is 6.92 Å². The number of nitrogens with zero attached hydrogens (tertiary/aromatic N) is 2. The molecule has 20 heavy (non-hydrogen) atoms. The molecule has 8 nitrogen and oxygen atoms in total. The molecule has 2 aromatic rings. The third-order valence-corrected chi connectivity index (χ3v) is 2.61. The Kier molecular flexibility index (Phi) is 3.65. The second-order valence-corrected chi connectivity index (χ2v) is 3.84. The topological polar surface area (TPSA) is 118 Å². The van der Waals surface area contributed by atoms with Crippen molar-refractivity contribution in [1.82, 2.24) is 10.2 Å². The van der Waals surface area contributed by atoms with Gasteiger partial charge in [0.15, 0.2) is 5.75 Å². The number of carboxylic acid groups (broad SMARTS) is 1. The Balaban J connectivity index is 2.53. The largest absolute Gasteiger partial charge is 0.487 e. The first kappa shape index (κ1) is 13.5. The van der Waals surface area contributed by atoms with E-state index in [0.717, 1.165) is 6.20 Å². The molecule has 2 rings (SSSR count). The third kappa shape index (κ3) is 2.44. The van der Waals surface area contributed by atoms with Gasteiger partial charge in [-0.3, -0.25) is 15.2 Å². The standard InChI is InChI=1S/C12H11N3O5/c1-2-20-10-4-3-7(5-9(10)15(18)19)11-8(12(16)17)6-13-14-11/h3-6H,2H2,1H3,(H,13,14)(H,16,17). The first-order valence-electron chi connectivity index (χ1n) is 5.72. The van der Waals surface area contributed by atoms with E-state index in [-0.39, 0.29) is 22.7 Å². The van der Waals surface area contributed by atoms with Crippen molar-refractivity contribution in [3.8, 4) is 17.0 Å². The first-order chi connectivity index (χ1) is 9.54. The van der Waals surface area contributed by atoms with Gasteiger partial charge in [0.25, 0.3) is 0 Å². The number of aromatic nitrogens is 2. The van der Waals surface area contributed by atoms with Crippen LogP contribution in [-0.4, -0.2) is 32.8 Å². The molecule has 0 radical (unpaired) electrons. The van der Waals surface area contributed by atoms with Crippen LogP contribution in [0.3, 0.4) is 0 Å². The highest BCUT2D eigenvalue weighted by molar-refractivity contribution is 5.94. The lowest BCUT2D eigenvalue weighted by Gasteiger charge is -2.06. The molecule has 1 heterocycles. The fourth-order valence-corrected chi connectivity index (χ4v) is 1.76. The molecule has 1 aromatic carbocycles. The fourth-order valence-electron chi connectivity index (χ4n) is 1.76. The van der Waals surface area contributed by atoms with E-state index in [1.807, 2.05) is 0 Å². The van der Waals surface area contributed by atoms with Crippen LogP contribution in [0.4, 0.5) is 5.69 Å². The van der Waals surface area contributed by atoms with Gasteiger partial charge in [0.05, 0.1) is 23.4 Å². The van der Waals surface area contributed by atoms with E-state index in [1.165, 1.54) is 18.2 Å². The normalized spacial score (nSPS) is 10.2. The van der Waals surface area contributed by atoms with Gasteiger partial charge in [0.2, 0.25) is 0 Å². The summed E-state index contributed by atoms with van der Waals surface area (Å²) in [6.45, 7) is 2.01. The summed E-state index contributed by atoms with van der Waals surface area (Å²) in [6.07, 6.45) is 1.15. The molecule has 8 heteroatoms. The summed E-state index contributed by atoms with van der Waals surface area (Å²) < 4.78 is 5.16. The maximum atomic E-state index is 11.0. The Hall–Kier alpha value is -2.90. The number of nitrogens with one attached hydrogen (secondary N) is 1. The van der Waals surface area contributed by atoms with Crippen molar-refractivity contribution in [2.45, 2.75) is 6.92 Å². The van der Waals surface area contributed by atoms with Crippen molar-refractivity contribution in [3.63, 3.8) is 0 Å². The van der Waals surface area contributed by atoms with E-state index in [4.69, 9.17) is 9.84 Å². The molecular formula is C12H11N3O5. The molecule has 0 saturated carbocycles. The Labute approximate surface area is 113 Å². The third-order valence-electron chi connectivity index (χ3n) is 2.61. The Morgan fingerprint density at radius 1 is 1.55 bits per heavy atom. The van der Waals surface area contributed by atoms with Crippen LogP contribution in [0.5, 0.6) is 5.75 Å². The Morgan fingerprint density at radius 2 is 2.30 bits per heavy atom. The molecule has 1 aromatic heterocycles. The van der Waals surface area contributed by atoms with Crippen LogP contribution < -0.4 is 4.74 Å². The molecule has 0 spiro atoms. The van der Waals surface area contributed by atoms with Crippen molar-refractivity contribution in [3.05, 3.63) is 40.1 Å². The van der Waals surface area contributed by atoms with Crippen molar-refractivity contribution in [1.29, 1.82) is 0 Å². The van der Waals surface area contributed by atoms with Gasteiger partial charge < -0.3 is 9.84 Å². The van der Waals surface area contributed by atoms with E-state index >= 15 is 0 Å². The first-order valence-corrected chi connectivity index (χ1v) is 5.72. The molecule has 0 saturated heterocycles. The Bertz CT molecular complexity index is 665. The molecule has 0 aliphatic carbocycles. The highest BCUT2D eigenvalue weighted by Gasteiger charge is 2.20. The number of ether oxygens (including phenoxy) is 1. The van der Waals surface area contributed by atoms with Crippen LogP contribution in [0.1, 0.15) is 17.3 Å². The minimum atomic E-state index is -1.16. The summed E-state index contributed by atoms with van der Waals surface area (Å²) in [6, 6.07) is 4.23. The van der Waals surface area contributed by atoms with Crippen molar-refractivity contribution in [2.24, 2.45) is 0 Å². The van der Waals surface area contributed by atoms with Crippen molar-refractivity contribution >= 4 is 11.7 Å². The molecule has 0 aliphatic rings. The van der Waals surface area contributed by atoms with Crippen molar-refractivity contribution < 1.29 is 19.6 Å². The summed E-state index contributed by atoms with van der Waals surface area (Å²) in [4.78, 5) is 21.5. The average molecular weight is 277 g/mol. The van der Waals surface area contributed by atoms with Gasteiger partial charge in [-0.1, -0.05) is 0 Å². The highest BCUT2D eigenvalue weighted by Crippen LogP contribution is 2.32. The lowest BCUT2D eigenvalue weighted by molar-refractivity contribution is -0.385. The number of carbonyl (C=O) groups is 1. The van der Waals surface area contributed by atoms with Gasteiger partial charge in [-0.15, -0.1) is 0 Å². The average Bonchev–Trinajstić information content (AvgIpc) is 2.88. The summed E-state index contributed by atoms with van der Waals surface area (Å²) in [7, 11) is 0. The number of hydrogen-bond acceptors (Lipinski definition) is 5. The molecular weight excluding hydrogens is 266 g/mol. The SMILES string of the molecule is CCOc1ccc(-c2[nH]ncc2C(=O)O)cc1[N+](=O)[O-]. The molecule has 0 atom stereocenters. The van der Waals surface area contributed by atoms with Crippen LogP contribution >= 0.6 is 0 Å². The van der Waals surface area contributed by atoms with Gasteiger partial charge >= 0.3 is 11.7 Å². The summed E-state index contributed by atoms with van der Waals surface area (Å²) in [5, 5.41) is 26.2. The van der Waals surface area contributed by atoms with Gasteiger partial charge in [-0.2, -0.15) is 5.10 Å². The van der Waals surface area contributed by atoms with Crippen molar-refractivity contribution in [2.75, 3.05) is 6.61 Å². The fraction of sp³-hybridized carbons (Fsp3) is 0.167. The quantitative estimate of drug-likeness (QED) is 0.638. The van der Waals surface area contributed by atoms with Gasteiger partial charge in [-0.05, 0) is 19.1 Å². The van der Waals surface area contributed by atoms with Crippen LogP contribution in [0, 0.1) is 10.1 Å². The maximum Gasteiger partial charge on any atom is 0.339 e. The molecule has 0 fully saturated rings. The zero-order valence-electron chi connectivity index (χ0n) is 10.5. The minimum Gasteiger partial charge on any atom is -0.487 e. The second kappa shape index (κ2) is 5.39. The summed E-state index contributed by atoms with van der Waals surface area (Å²) in [5.74, 6) is -1.03. The predicted molar refractivity (Wildman–Crippen MR) is 68.8 cm³/mol. The summed E-state index contributed by atoms with van der Waals surface area (Å²) >= 11 is 0. The molecule has 2 N–H and O–H groups in total. The molecule has 0 amide bonds. The lowest BCUT2D eigenvalue weighted by atomic mass is 10.1. The number of H-pyrrole nitrogens is 1. The smallest absolute Gasteiger partial charge is 0.339 e. The van der Waals surface area contributed by atoms with Crippen LogP contribution in [0.25, 0.3) is 11.3 Å². The predicted octanol–water partition coefficient (Wildman–Crippen LogP) is 2.08. The van der Waals surface area contributed by atoms with E-state index in [2.05, 4.69) is 10.2 Å². The number of benzene rings is 1. The van der Waals surface area contributed by atoms with Crippen LogP contribution in [-0.2, 0) is 0 Å². The second-order valence-electron chi connectivity index (χ2n) is 3.84. The molecule has 0 aliphatic heterocycles. The molecule has 104 valence electrons. The van der Waals surface area contributed by atoms with E-state index < -0.39 is 10.9 Å². The number of nitro groups is 1. The van der Waals surface area contributed by atoms with Gasteiger partial charge in [-0.25, -0.2) is 4.79 Å². The van der Waals surface area contributed by atoms with Crippen LogP contribution in [0.2, 0.25) is 0 Å². The Morgan fingerprint density at radius 3 is 2.90 bits per heavy atom. The highest BCUT2D eigenvalue weighted by atomic mass is 16.6. The molecule has 0 unspecified atom stereocenters. The number of hydrogen-bond donors (Lipinski definition) is 2. The number of carboxylic acids is 1. The van der Waals surface area contributed by atoms with Gasteiger partial charge in [0, 0.05) is 11.6 Å². The number of aromatic carboxylic acids is 1. The number of nitro benzene ring substituents is 1. The number of rotatable bonds is 5. The zero-order valence-corrected chi connectivity index (χ0v) is 10.5. The summed E-state index contributed by atoms with van der Waals surface area (Å²) in [5.41, 5.74) is 0.289. The monoisotopic (exact) mass is 277 g/mol. The van der Waals surface area contributed by atoms with Crippen LogP contribution in [0.15, 0.2) is 24.4 Å². The lowest BCUT2D eigenvalue weighted by Crippen LogP contribution is -2.00. The van der Waals surface area contributed by atoms with E-state index in [9.17, 15) is 14.9 Å². The van der Waals surface area contributed by atoms with Gasteiger partial charge in [0.1, 0.15) is 5.56 Å². The number of aromatic amines is 1. The van der Waals surface area contributed by atoms with E-state index in [0.29, 0.717) is 12.2 Å². The minimum absolute atomic E-state index is 0.0524.